The molecular formula is C29H35ClN2O5. The van der Waals surface area contributed by atoms with Crippen molar-refractivity contribution in [1.82, 2.24) is 9.80 Å². The fraction of sp³-hybridized carbons (Fsp3) is 0.483. The number of nitrogens with zero attached hydrogens (tertiary/aromatic N) is 2. The smallest absolute Gasteiger partial charge is 0.417 e. The summed E-state index contributed by atoms with van der Waals surface area (Å²) in [7, 11) is 0. The van der Waals surface area contributed by atoms with Gasteiger partial charge in [-0.2, -0.15) is 0 Å². The van der Waals surface area contributed by atoms with E-state index in [1.165, 1.54) is 4.90 Å². The molecule has 0 radical (unpaired) electrons. The maximum absolute atomic E-state index is 14.3. The summed E-state index contributed by atoms with van der Waals surface area (Å²) in [4.78, 5) is 43.6. The van der Waals surface area contributed by atoms with E-state index in [4.69, 9.17) is 21.1 Å². The van der Waals surface area contributed by atoms with Gasteiger partial charge in [0.05, 0.1) is 18.0 Å². The number of amides is 3. The van der Waals surface area contributed by atoms with E-state index in [0.29, 0.717) is 29.8 Å². The number of benzene rings is 2. The molecule has 2 unspecified atom stereocenters. The van der Waals surface area contributed by atoms with Crippen molar-refractivity contribution >= 4 is 29.7 Å². The van der Waals surface area contributed by atoms with Crippen LogP contribution in [0.15, 0.2) is 54.6 Å². The number of cyclic esters (lactones) is 1. The number of imide groups is 1. The van der Waals surface area contributed by atoms with Gasteiger partial charge in [-0.3, -0.25) is 9.69 Å². The van der Waals surface area contributed by atoms with E-state index in [1.807, 2.05) is 71.0 Å². The van der Waals surface area contributed by atoms with E-state index in [1.54, 1.807) is 23.1 Å². The highest BCUT2D eigenvalue weighted by Gasteiger charge is 2.52. The molecule has 198 valence electrons. The highest BCUT2D eigenvalue weighted by Crippen LogP contribution is 2.43. The molecule has 2 aromatic carbocycles. The Hall–Kier alpha value is -3.06. The largest absolute Gasteiger partial charge is 0.447 e. The third kappa shape index (κ3) is 5.93. The van der Waals surface area contributed by atoms with Crippen molar-refractivity contribution < 1.29 is 23.9 Å². The fourth-order valence-electron chi connectivity index (χ4n) is 5.36. The van der Waals surface area contributed by atoms with Crippen molar-refractivity contribution in [2.24, 2.45) is 0 Å². The van der Waals surface area contributed by atoms with Crippen LogP contribution in [0.5, 0.6) is 0 Å². The molecule has 2 aliphatic heterocycles. The van der Waals surface area contributed by atoms with Gasteiger partial charge in [-0.1, -0.05) is 54.1 Å². The molecule has 7 nitrogen and oxygen atoms in total. The van der Waals surface area contributed by atoms with Gasteiger partial charge in [0.15, 0.2) is 0 Å². The molecule has 2 aliphatic rings. The number of ether oxygens (including phenoxy) is 2. The predicted octanol–water partition coefficient (Wildman–Crippen LogP) is 6.19. The van der Waals surface area contributed by atoms with E-state index in [2.05, 4.69) is 0 Å². The minimum atomic E-state index is -0.822. The quantitative estimate of drug-likeness (QED) is 0.464. The first-order chi connectivity index (χ1) is 17.4. The van der Waals surface area contributed by atoms with E-state index in [-0.39, 0.29) is 6.61 Å². The summed E-state index contributed by atoms with van der Waals surface area (Å²) in [5.41, 5.74) is 0.404. The van der Waals surface area contributed by atoms with Gasteiger partial charge in [-0.15, -0.1) is 0 Å². The molecule has 0 aliphatic carbocycles. The van der Waals surface area contributed by atoms with Crippen LogP contribution in [-0.2, 0) is 20.7 Å². The van der Waals surface area contributed by atoms with E-state index in [9.17, 15) is 14.4 Å². The van der Waals surface area contributed by atoms with E-state index in [0.717, 1.165) is 5.56 Å². The molecule has 0 bridgehead atoms. The van der Waals surface area contributed by atoms with Crippen LogP contribution < -0.4 is 0 Å². The summed E-state index contributed by atoms with van der Waals surface area (Å²) < 4.78 is 11.1. The minimum absolute atomic E-state index is 0.119. The molecule has 2 aromatic rings. The van der Waals surface area contributed by atoms with Crippen LogP contribution in [0.25, 0.3) is 0 Å². The van der Waals surface area contributed by atoms with Crippen LogP contribution in [0.2, 0.25) is 5.02 Å². The SMILES string of the molecule is CC(C)(C)OC(=O)N1C([C@@H](C(=O)N2C(=O)OCC2Cc2ccccc2)c2cccc(Cl)c2)CCC1(C)C. The lowest BCUT2D eigenvalue weighted by Gasteiger charge is -2.40. The molecular weight excluding hydrogens is 492 g/mol. The number of carbonyl (C=O) groups excluding carboxylic acids is 3. The first-order valence-electron chi connectivity index (χ1n) is 12.7. The second-order valence-corrected chi connectivity index (χ2v) is 11.9. The lowest BCUT2D eigenvalue weighted by atomic mass is 9.88. The summed E-state index contributed by atoms with van der Waals surface area (Å²) in [6.45, 7) is 9.51. The molecule has 0 N–H and O–H groups in total. The molecule has 0 saturated carbocycles. The summed E-state index contributed by atoms with van der Waals surface area (Å²) in [5.74, 6) is -1.22. The zero-order valence-corrected chi connectivity index (χ0v) is 22.8. The molecule has 4 rings (SSSR count). The first kappa shape index (κ1) is 27.0. The van der Waals surface area contributed by atoms with Gasteiger partial charge in [0.1, 0.15) is 12.2 Å². The zero-order chi connectivity index (χ0) is 27.0. The van der Waals surface area contributed by atoms with Crippen LogP contribution in [0, 0.1) is 0 Å². The standard InChI is InChI=1S/C29H35ClN2O5/c1-28(2,3)37-27(35)32-23(14-15-29(32,4)5)24(20-12-9-13-21(30)17-20)25(33)31-22(18-36-26(31)34)16-19-10-7-6-8-11-19/h6-13,17,22-24H,14-16,18H2,1-5H3/t22?,23?,24-/m0/s1. The average molecular weight is 527 g/mol. The Labute approximate surface area is 223 Å². The van der Waals surface area contributed by atoms with E-state index < -0.39 is 47.2 Å². The highest BCUT2D eigenvalue weighted by molar-refractivity contribution is 6.30. The first-order valence-corrected chi connectivity index (χ1v) is 13.1. The maximum atomic E-state index is 14.3. The van der Waals surface area contributed by atoms with Crippen molar-refractivity contribution in [3.63, 3.8) is 0 Å². The van der Waals surface area contributed by atoms with Gasteiger partial charge in [0.2, 0.25) is 5.91 Å². The Morgan fingerprint density at radius 3 is 2.49 bits per heavy atom. The second-order valence-electron chi connectivity index (χ2n) is 11.4. The van der Waals surface area contributed by atoms with Crippen LogP contribution in [-0.4, -0.2) is 57.7 Å². The van der Waals surface area contributed by atoms with Gasteiger partial charge in [-0.25, -0.2) is 14.5 Å². The number of likely N-dealkylation sites (tertiary alicyclic amines) is 1. The topological polar surface area (TPSA) is 76.2 Å². The van der Waals surface area contributed by atoms with Gasteiger partial charge in [0, 0.05) is 10.6 Å². The molecule has 3 amide bonds. The van der Waals surface area contributed by atoms with Gasteiger partial charge in [0.25, 0.3) is 0 Å². The Morgan fingerprint density at radius 1 is 1.14 bits per heavy atom. The zero-order valence-electron chi connectivity index (χ0n) is 22.1. The Morgan fingerprint density at radius 2 is 1.84 bits per heavy atom. The monoisotopic (exact) mass is 526 g/mol. The van der Waals surface area contributed by atoms with Gasteiger partial charge >= 0.3 is 12.2 Å². The average Bonchev–Trinajstić information content (AvgIpc) is 3.32. The van der Waals surface area contributed by atoms with Crippen molar-refractivity contribution in [3.05, 3.63) is 70.7 Å². The molecule has 2 heterocycles. The van der Waals surface area contributed by atoms with Gasteiger partial charge in [-0.05, 0) is 77.1 Å². The Bertz CT molecular complexity index is 1160. The van der Waals surface area contributed by atoms with Crippen molar-refractivity contribution in [1.29, 1.82) is 0 Å². The summed E-state index contributed by atoms with van der Waals surface area (Å²) in [5, 5.41) is 0.473. The minimum Gasteiger partial charge on any atom is -0.447 e. The molecule has 3 atom stereocenters. The third-order valence-electron chi connectivity index (χ3n) is 7.00. The summed E-state index contributed by atoms with van der Waals surface area (Å²) in [6.07, 6.45) is 0.580. The summed E-state index contributed by atoms with van der Waals surface area (Å²) >= 11 is 6.34. The van der Waals surface area contributed by atoms with Crippen LogP contribution in [0.1, 0.15) is 64.5 Å². The Balaban J connectivity index is 1.74. The van der Waals surface area contributed by atoms with Crippen LogP contribution in [0.3, 0.4) is 0 Å². The normalized spacial score (nSPS) is 22.1. The number of carbonyl (C=O) groups is 3. The number of halogens is 1. The lowest BCUT2D eigenvalue weighted by molar-refractivity contribution is -0.132. The maximum Gasteiger partial charge on any atom is 0.417 e. The molecule has 0 spiro atoms. The molecule has 2 fully saturated rings. The van der Waals surface area contributed by atoms with E-state index >= 15 is 0 Å². The van der Waals surface area contributed by atoms with Crippen molar-refractivity contribution in [3.8, 4) is 0 Å². The van der Waals surface area contributed by atoms with Crippen LogP contribution in [0.4, 0.5) is 9.59 Å². The fourth-order valence-corrected chi connectivity index (χ4v) is 5.55. The van der Waals surface area contributed by atoms with Gasteiger partial charge < -0.3 is 9.47 Å². The van der Waals surface area contributed by atoms with Crippen molar-refractivity contribution in [2.45, 2.75) is 83.0 Å². The molecule has 0 aromatic heterocycles. The van der Waals surface area contributed by atoms with Crippen LogP contribution >= 0.6 is 11.6 Å². The number of rotatable bonds is 5. The molecule has 8 heteroatoms. The molecule has 37 heavy (non-hydrogen) atoms. The summed E-state index contributed by atoms with van der Waals surface area (Å²) in [6, 6.07) is 15.8. The predicted molar refractivity (Wildman–Crippen MR) is 141 cm³/mol. The number of hydrogen-bond acceptors (Lipinski definition) is 5. The highest BCUT2D eigenvalue weighted by atomic mass is 35.5. The molecule has 2 saturated heterocycles. The third-order valence-corrected chi connectivity index (χ3v) is 7.23. The second kappa shape index (κ2) is 10.4. The van der Waals surface area contributed by atoms with Crippen molar-refractivity contribution in [2.75, 3.05) is 6.61 Å². The Kier molecular flexibility index (Phi) is 7.56. The lowest BCUT2D eigenvalue weighted by Crippen LogP contribution is -2.54. The number of hydrogen-bond donors (Lipinski definition) is 0.